The van der Waals surface area contributed by atoms with Gasteiger partial charge in [-0.05, 0) is 48.0 Å². The molecular formula is C24H16F2N2O4. The van der Waals surface area contributed by atoms with Crippen molar-refractivity contribution in [2.45, 2.75) is 5.92 Å². The molecule has 3 aromatic carbocycles. The number of rotatable bonds is 5. The topological polar surface area (TPSA) is 94.6 Å². The van der Waals surface area contributed by atoms with Gasteiger partial charge < -0.3 is 19.9 Å². The van der Waals surface area contributed by atoms with Crippen molar-refractivity contribution < 1.29 is 27.8 Å². The lowest BCUT2D eigenvalue weighted by Gasteiger charge is -2.26. The van der Waals surface area contributed by atoms with Gasteiger partial charge in [-0.15, -0.1) is 0 Å². The van der Waals surface area contributed by atoms with Crippen molar-refractivity contribution in [2.24, 2.45) is 5.73 Å². The molecule has 1 heterocycles. The zero-order chi connectivity index (χ0) is 22.7. The second-order valence-electron chi connectivity index (χ2n) is 6.89. The van der Waals surface area contributed by atoms with E-state index >= 15 is 0 Å². The molecule has 0 amide bonds. The zero-order valence-electron chi connectivity index (χ0n) is 16.5. The van der Waals surface area contributed by atoms with Gasteiger partial charge in [-0.25, -0.2) is 13.6 Å². The van der Waals surface area contributed by atoms with Crippen LogP contribution in [0.25, 0.3) is 0 Å². The van der Waals surface area contributed by atoms with Gasteiger partial charge in [-0.2, -0.15) is 5.26 Å². The van der Waals surface area contributed by atoms with Crippen LogP contribution in [-0.2, 0) is 4.79 Å². The lowest BCUT2D eigenvalue weighted by Crippen LogP contribution is -2.21. The average Bonchev–Trinajstić information content (AvgIpc) is 2.78. The minimum absolute atomic E-state index is 0.0857. The summed E-state index contributed by atoms with van der Waals surface area (Å²) >= 11 is 0. The van der Waals surface area contributed by atoms with E-state index in [0.717, 1.165) is 0 Å². The Balaban J connectivity index is 1.53. The molecule has 1 aliphatic rings. The fourth-order valence-corrected chi connectivity index (χ4v) is 3.33. The monoisotopic (exact) mass is 434 g/mol. The lowest BCUT2D eigenvalue weighted by atomic mass is 9.83. The van der Waals surface area contributed by atoms with Gasteiger partial charge in [-0.3, -0.25) is 0 Å². The molecule has 32 heavy (non-hydrogen) atoms. The number of esters is 1. The summed E-state index contributed by atoms with van der Waals surface area (Å²) in [6.07, 6.45) is 0. The first kappa shape index (κ1) is 20.9. The molecule has 8 heteroatoms. The van der Waals surface area contributed by atoms with Gasteiger partial charge in [0.05, 0.1) is 5.92 Å². The molecule has 160 valence electrons. The van der Waals surface area contributed by atoms with E-state index in [9.17, 15) is 18.8 Å². The third-order valence-corrected chi connectivity index (χ3v) is 4.80. The normalized spacial score (nSPS) is 14.7. The summed E-state index contributed by atoms with van der Waals surface area (Å²) in [7, 11) is 0. The van der Waals surface area contributed by atoms with Crippen LogP contribution in [0.3, 0.4) is 0 Å². The number of benzene rings is 3. The van der Waals surface area contributed by atoms with E-state index in [1.54, 1.807) is 24.3 Å². The molecule has 0 aliphatic carbocycles. The van der Waals surface area contributed by atoms with Gasteiger partial charge in [-0.1, -0.05) is 18.2 Å². The minimum atomic E-state index is -0.679. The van der Waals surface area contributed by atoms with Crippen LogP contribution < -0.4 is 19.9 Å². The molecule has 0 fully saturated rings. The molecule has 3 aromatic rings. The molecule has 1 atom stereocenters. The highest BCUT2D eigenvalue weighted by atomic mass is 19.1. The summed E-state index contributed by atoms with van der Waals surface area (Å²) in [5.74, 6) is -1.33. The first-order chi connectivity index (χ1) is 15.4. The predicted octanol–water partition coefficient (Wildman–Crippen LogP) is 4.17. The molecule has 2 N–H and O–H groups in total. The van der Waals surface area contributed by atoms with Crippen molar-refractivity contribution in [2.75, 3.05) is 6.61 Å². The fraction of sp³-hybridized carbons (Fsp3) is 0.0833. The van der Waals surface area contributed by atoms with Crippen LogP contribution in [0, 0.1) is 23.0 Å². The van der Waals surface area contributed by atoms with Crippen LogP contribution >= 0.6 is 0 Å². The number of carbonyl (C=O) groups is 1. The van der Waals surface area contributed by atoms with Crippen molar-refractivity contribution in [3.63, 3.8) is 0 Å². The summed E-state index contributed by atoms with van der Waals surface area (Å²) in [6, 6.07) is 17.7. The standard InChI is InChI=1S/C24H16F2N2O4/c25-15-3-1-14(2-4-15)23-19-10-9-18(11-21(19)32-24(28)20(23)12-27)31-22(29)13-30-17-7-5-16(26)6-8-17/h1-11,23H,13,28H2. The van der Waals surface area contributed by atoms with Gasteiger partial charge in [0.25, 0.3) is 0 Å². The minimum Gasteiger partial charge on any atom is -0.482 e. The van der Waals surface area contributed by atoms with Gasteiger partial charge in [0.2, 0.25) is 5.88 Å². The SMILES string of the molecule is N#CC1=C(N)Oc2cc(OC(=O)COc3ccc(F)cc3)ccc2C1c1ccc(F)cc1. The molecule has 0 radical (unpaired) electrons. The van der Waals surface area contributed by atoms with Crippen LogP contribution in [-0.4, -0.2) is 12.6 Å². The molecule has 1 aliphatic heterocycles. The predicted molar refractivity (Wildman–Crippen MR) is 110 cm³/mol. The van der Waals surface area contributed by atoms with Crippen LogP contribution in [0.2, 0.25) is 0 Å². The molecule has 6 nitrogen and oxygen atoms in total. The Morgan fingerprint density at radius 1 is 1.00 bits per heavy atom. The summed E-state index contributed by atoms with van der Waals surface area (Å²) in [5, 5.41) is 9.57. The highest BCUT2D eigenvalue weighted by Gasteiger charge is 2.31. The Hall–Kier alpha value is -4.38. The van der Waals surface area contributed by atoms with Gasteiger partial charge in [0.1, 0.15) is 40.5 Å². The van der Waals surface area contributed by atoms with Crippen LogP contribution in [0.4, 0.5) is 8.78 Å². The van der Waals surface area contributed by atoms with E-state index in [1.165, 1.54) is 42.5 Å². The summed E-state index contributed by atoms with van der Waals surface area (Å²) in [6.45, 7) is -0.387. The summed E-state index contributed by atoms with van der Waals surface area (Å²) in [4.78, 5) is 12.1. The third kappa shape index (κ3) is 4.37. The highest BCUT2D eigenvalue weighted by Crippen LogP contribution is 2.43. The average molecular weight is 434 g/mol. The second-order valence-corrected chi connectivity index (χ2v) is 6.89. The van der Waals surface area contributed by atoms with Crippen LogP contribution in [0.15, 0.2) is 78.2 Å². The summed E-state index contributed by atoms with van der Waals surface area (Å²) in [5.41, 5.74) is 7.41. The molecule has 0 saturated heterocycles. The van der Waals surface area contributed by atoms with Gasteiger partial charge >= 0.3 is 5.97 Å². The Morgan fingerprint density at radius 2 is 1.62 bits per heavy atom. The van der Waals surface area contributed by atoms with Gasteiger partial charge in [0.15, 0.2) is 6.61 Å². The number of ether oxygens (including phenoxy) is 3. The largest absolute Gasteiger partial charge is 0.482 e. The Kier molecular flexibility index (Phi) is 5.73. The van der Waals surface area contributed by atoms with Gasteiger partial charge in [0, 0.05) is 11.6 Å². The maximum absolute atomic E-state index is 13.4. The molecule has 0 saturated carbocycles. The van der Waals surface area contributed by atoms with Crippen LogP contribution in [0.1, 0.15) is 17.0 Å². The molecular weight excluding hydrogens is 418 g/mol. The maximum atomic E-state index is 13.4. The Labute approximate surface area is 182 Å². The second kappa shape index (κ2) is 8.78. The number of carbonyl (C=O) groups excluding carboxylic acids is 1. The van der Waals surface area contributed by atoms with Crippen LogP contribution in [0.5, 0.6) is 17.2 Å². The molecule has 0 aromatic heterocycles. The number of nitrogens with two attached hydrogens (primary N) is 1. The van der Waals surface area contributed by atoms with E-state index in [4.69, 9.17) is 19.9 Å². The molecule has 4 rings (SSSR count). The van der Waals surface area contributed by atoms with E-state index in [-0.39, 0.29) is 23.8 Å². The number of allylic oxidation sites excluding steroid dienone is 1. The van der Waals surface area contributed by atoms with Crippen molar-refractivity contribution in [3.05, 3.63) is 101 Å². The fourth-order valence-electron chi connectivity index (χ4n) is 3.33. The smallest absolute Gasteiger partial charge is 0.349 e. The number of halogens is 2. The van der Waals surface area contributed by atoms with Crippen molar-refractivity contribution in [1.82, 2.24) is 0 Å². The maximum Gasteiger partial charge on any atom is 0.349 e. The quantitative estimate of drug-likeness (QED) is 0.479. The number of hydrogen-bond donors (Lipinski definition) is 1. The van der Waals surface area contributed by atoms with E-state index in [0.29, 0.717) is 22.6 Å². The zero-order valence-corrected chi connectivity index (χ0v) is 16.5. The van der Waals surface area contributed by atoms with Crippen molar-refractivity contribution in [3.8, 4) is 23.3 Å². The number of fused-ring (bicyclic) bond motifs is 1. The first-order valence-corrected chi connectivity index (χ1v) is 9.50. The Morgan fingerprint density at radius 3 is 2.28 bits per heavy atom. The third-order valence-electron chi connectivity index (χ3n) is 4.80. The van der Waals surface area contributed by atoms with Crippen molar-refractivity contribution >= 4 is 5.97 Å². The molecule has 1 unspecified atom stereocenters. The number of nitrogens with zero attached hydrogens (tertiary/aromatic N) is 1. The number of nitriles is 1. The molecule has 0 spiro atoms. The van der Waals surface area contributed by atoms with E-state index < -0.39 is 23.5 Å². The van der Waals surface area contributed by atoms with Crippen molar-refractivity contribution in [1.29, 1.82) is 5.26 Å². The first-order valence-electron chi connectivity index (χ1n) is 9.50. The summed E-state index contributed by atoms with van der Waals surface area (Å²) < 4.78 is 42.4. The lowest BCUT2D eigenvalue weighted by molar-refractivity contribution is -0.136. The van der Waals surface area contributed by atoms with E-state index in [1.807, 2.05) is 0 Å². The Bertz CT molecular complexity index is 1230. The molecule has 0 bridgehead atoms. The van der Waals surface area contributed by atoms with E-state index in [2.05, 4.69) is 6.07 Å². The highest BCUT2D eigenvalue weighted by molar-refractivity contribution is 5.74. The number of hydrogen-bond acceptors (Lipinski definition) is 6.